The standard InChI is InChI=1S/C13H15ClS2Si/c1-7-5-9-10-6-8(2)16-12(10)13(11(9)15-7)17(3,4)14/h5-6,13H,1-4H3. The number of hydrogen-bond donors (Lipinski definition) is 0. The summed E-state index contributed by atoms with van der Waals surface area (Å²) in [4.78, 5) is 5.86. The molecule has 2 aromatic heterocycles. The Bertz CT molecular complexity index is 543. The summed E-state index contributed by atoms with van der Waals surface area (Å²) in [5.41, 5.74) is 3.42. The Labute approximate surface area is 116 Å². The SMILES string of the molecule is Cc1cc2c(s1)C([Si](C)(C)Cl)c1sc(C)cc1-2. The number of thiophene rings is 2. The van der Waals surface area contributed by atoms with Gasteiger partial charge in [0.2, 0.25) is 0 Å². The van der Waals surface area contributed by atoms with E-state index in [-0.39, 0.29) is 0 Å². The van der Waals surface area contributed by atoms with Gasteiger partial charge in [0.05, 0.1) is 0 Å². The first-order valence-corrected chi connectivity index (χ1v) is 11.5. The number of halogens is 1. The van der Waals surface area contributed by atoms with Crippen LogP contribution in [-0.2, 0) is 0 Å². The minimum absolute atomic E-state index is 0.506. The molecule has 17 heavy (non-hydrogen) atoms. The molecule has 0 bridgehead atoms. The highest BCUT2D eigenvalue weighted by Crippen LogP contribution is 2.55. The van der Waals surface area contributed by atoms with Crippen LogP contribution >= 0.6 is 33.8 Å². The molecule has 0 N–H and O–H groups in total. The monoisotopic (exact) mass is 298 g/mol. The van der Waals surface area contributed by atoms with Crippen LogP contribution in [0.1, 0.15) is 25.0 Å². The Morgan fingerprint density at radius 3 is 1.76 bits per heavy atom. The third-order valence-electron chi connectivity index (χ3n) is 3.27. The maximum absolute atomic E-state index is 6.77. The summed E-state index contributed by atoms with van der Waals surface area (Å²) in [6.07, 6.45) is 0. The lowest BCUT2D eigenvalue weighted by Gasteiger charge is -2.22. The molecule has 90 valence electrons. The zero-order valence-electron chi connectivity index (χ0n) is 10.4. The minimum Gasteiger partial charge on any atom is -0.167 e. The molecule has 0 amide bonds. The lowest BCUT2D eigenvalue weighted by molar-refractivity contribution is 1.23. The Kier molecular flexibility index (Phi) is 2.60. The first-order valence-electron chi connectivity index (χ1n) is 5.78. The van der Waals surface area contributed by atoms with E-state index in [2.05, 4.69) is 39.1 Å². The predicted octanol–water partition coefficient (Wildman–Crippen LogP) is 5.52. The van der Waals surface area contributed by atoms with Crippen LogP contribution in [0.2, 0.25) is 13.1 Å². The number of rotatable bonds is 1. The molecule has 0 saturated carbocycles. The van der Waals surface area contributed by atoms with Gasteiger partial charge >= 0.3 is 0 Å². The Morgan fingerprint density at radius 1 is 1.00 bits per heavy atom. The van der Waals surface area contributed by atoms with Gasteiger partial charge in [-0.3, -0.25) is 0 Å². The first kappa shape index (κ1) is 12.0. The smallest absolute Gasteiger partial charge is 0.163 e. The Balaban J connectivity index is 2.29. The molecule has 0 fully saturated rings. The highest BCUT2D eigenvalue weighted by atomic mass is 35.6. The number of fused-ring (bicyclic) bond motifs is 3. The van der Waals surface area contributed by atoms with Gasteiger partial charge in [-0.05, 0) is 37.1 Å². The summed E-state index contributed by atoms with van der Waals surface area (Å²) >= 11 is 10.6. The highest BCUT2D eigenvalue weighted by molar-refractivity contribution is 7.24. The molecular weight excluding hydrogens is 284 g/mol. The molecule has 0 unspecified atom stereocenters. The molecule has 0 nitrogen and oxygen atoms in total. The van der Waals surface area contributed by atoms with E-state index in [4.69, 9.17) is 11.1 Å². The normalized spacial score (nSPS) is 15.1. The molecule has 3 rings (SSSR count). The van der Waals surface area contributed by atoms with E-state index in [1.54, 1.807) is 0 Å². The van der Waals surface area contributed by atoms with Crippen LogP contribution in [0.25, 0.3) is 11.1 Å². The van der Waals surface area contributed by atoms with Crippen molar-refractivity contribution in [3.8, 4) is 11.1 Å². The molecule has 1 aliphatic rings. The number of hydrogen-bond acceptors (Lipinski definition) is 2. The van der Waals surface area contributed by atoms with Crippen LogP contribution in [0.15, 0.2) is 12.1 Å². The van der Waals surface area contributed by atoms with E-state index in [0.29, 0.717) is 5.54 Å². The van der Waals surface area contributed by atoms with Crippen molar-refractivity contribution in [1.82, 2.24) is 0 Å². The van der Waals surface area contributed by atoms with Gasteiger partial charge in [0.15, 0.2) is 7.38 Å². The van der Waals surface area contributed by atoms with Gasteiger partial charge in [-0.1, -0.05) is 13.1 Å². The second-order valence-electron chi connectivity index (χ2n) is 5.27. The van der Waals surface area contributed by atoms with Crippen LogP contribution in [0.4, 0.5) is 0 Å². The zero-order valence-corrected chi connectivity index (χ0v) is 13.8. The fraction of sp³-hybridized carbons (Fsp3) is 0.385. The van der Waals surface area contributed by atoms with Crippen molar-refractivity contribution >= 4 is 41.1 Å². The van der Waals surface area contributed by atoms with Crippen molar-refractivity contribution in [2.45, 2.75) is 32.5 Å². The summed E-state index contributed by atoms with van der Waals surface area (Å²) in [6.45, 7) is 8.92. The molecule has 0 aromatic carbocycles. The van der Waals surface area contributed by atoms with Crippen molar-refractivity contribution in [2.75, 3.05) is 0 Å². The van der Waals surface area contributed by atoms with E-state index < -0.39 is 7.38 Å². The fourth-order valence-corrected chi connectivity index (χ4v) is 9.53. The van der Waals surface area contributed by atoms with E-state index in [9.17, 15) is 0 Å². The third-order valence-corrected chi connectivity index (χ3v) is 8.52. The van der Waals surface area contributed by atoms with E-state index in [0.717, 1.165) is 0 Å². The molecule has 0 aliphatic heterocycles. The molecular formula is C13H15ClS2Si. The second kappa shape index (κ2) is 3.70. The van der Waals surface area contributed by atoms with Crippen LogP contribution in [0, 0.1) is 13.8 Å². The van der Waals surface area contributed by atoms with Gasteiger partial charge in [0.25, 0.3) is 0 Å². The lowest BCUT2D eigenvalue weighted by atomic mass is 10.2. The summed E-state index contributed by atoms with van der Waals surface area (Å²) < 4.78 is 0. The molecule has 0 saturated heterocycles. The van der Waals surface area contributed by atoms with Crippen molar-refractivity contribution in [2.24, 2.45) is 0 Å². The molecule has 1 aliphatic carbocycles. The van der Waals surface area contributed by atoms with E-state index >= 15 is 0 Å². The summed E-state index contributed by atoms with van der Waals surface area (Å²) in [5, 5.41) is 0. The topological polar surface area (TPSA) is 0 Å². The summed E-state index contributed by atoms with van der Waals surface area (Å²) in [5.74, 6) is 0. The van der Waals surface area contributed by atoms with Crippen molar-refractivity contribution in [3.63, 3.8) is 0 Å². The Hall–Kier alpha value is -0.0931. The molecule has 0 atom stereocenters. The maximum Gasteiger partial charge on any atom is 0.163 e. The van der Waals surface area contributed by atoms with Crippen LogP contribution in [0.5, 0.6) is 0 Å². The molecule has 2 heterocycles. The van der Waals surface area contributed by atoms with E-state index in [1.165, 1.54) is 30.6 Å². The van der Waals surface area contributed by atoms with Gasteiger partial charge in [0.1, 0.15) is 0 Å². The van der Waals surface area contributed by atoms with Gasteiger partial charge < -0.3 is 0 Å². The summed E-state index contributed by atoms with van der Waals surface area (Å²) in [6, 6.07) is 4.67. The summed E-state index contributed by atoms with van der Waals surface area (Å²) in [7, 11) is -1.71. The maximum atomic E-state index is 6.77. The minimum atomic E-state index is -1.71. The van der Waals surface area contributed by atoms with Gasteiger partial charge in [-0.25, -0.2) is 0 Å². The molecule has 0 spiro atoms. The third kappa shape index (κ3) is 1.75. The second-order valence-corrected chi connectivity index (χ2v) is 14.5. The van der Waals surface area contributed by atoms with Gasteiger partial charge in [-0.2, -0.15) is 11.1 Å². The van der Waals surface area contributed by atoms with Crippen molar-refractivity contribution in [1.29, 1.82) is 0 Å². The van der Waals surface area contributed by atoms with E-state index in [1.807, 2.05) is 22.7 Å². The average Bonchev–Trinajstić information content (AvgIpc) is 2.73. The van der Waals surface area contributed by atoms with Crippen molar-refractivity contribution in [3.05, 3.63) is 31.6 Å². The van der Waals surface area contributed by atoms with Crippen LogP contribution in [0.3, 0.4) is 0 Å². The Morgan fingerprint density at radius 2 is 1.41 bits per heavy atom. The highest BCUT2D eigenvalue weighted by Gasteiger charge is 2.42. The lowest BCUT2D eigenvalue weighted by Crippen LogP contribution is -2.26. The predicted molar refractivity (Wildman–Crippen MR) is 82.3 cm³/mol. The van der Waals surface area contributed by atoms with Crippen LogP contribution in [-0.4, -0.2) is 7.38 Å². The average molecular weight is 299 g/mol. The molecule has 4 heteroatoms. The quantitative estimate of drug-likeness (QED) is 0.480. The first-order chi connectivity index (χ1) is 7.88. The van der Waals surface area contributed by atoms with Crippen LogP contribution < -0.4 is 0 Å². The largest absolute Gasteiger partial charge is 0.167 e. The molecule has 0 radical (unpaired) electrons. The number of aryl methyl sites for hydroxylation is 2. The van der Waals surface area contributed by atoms with Gasteiger partial charge in [0, 0.05) is 25.0 Å². The zero-order chi connectivity index (χ0) is 12.4. The fourth-order valence-electron chi connectivity index (χ4n) is 2.66. The molecule has 2 aromatic rings. The van der Waals surface area contributed by atoms with Gasteiger partial charge in [-0.15, -0.1) is 22.7 Å². The van der Waals surface area contributed by atoms with Crippen molar-refractivity contribution < 1.29 is 0 Å².